The summed E-state index contributed by atoms with van der Waals surface area (Å²) in [5, 5.41) is 2.85. The molecule has 2 nitrogen and oxygen atoms in total. The van der Waals surface area contributed by atoms with E-state index in [0.717, 1.165) is 0 Å². The first-order valence-corrected chi connectivity index (χ1v) is 1.49. The standard InChI is InChI=1S/CH4N2S/c2-3-1-4/h2,4H,1H2. The van der Waals surface area contributed by atoms with Crippen molar-refractivity contribution >= 4 is 12.6 Å². The van der Waals surface area contributed by atoms with Crippen LogP contribution in [0, 0.1) is 5.53 Å². The van der Waals surface area contributed by atoms with Crippen molar-refractivity contribution in [2.24, 2.45) is 5.11 Å². The van der Waals surface area contributed by atoms with E-state index in [1.54, 1.807) is 0 Å². The Kier molecular flexibility index (Phi) is 2.91. The van der Waals surface area contributed by atoms with Crippen LogP contribution in [0.25, 0.3) is 0 Å². The van der Waals surface area contributed by atoms with Crippen LogP contribution in [0.5, 0.6) is 0 Å². The molecule has 0 radical (unpaired) electrons. The Bertz CT molecular complexity index is 20.0. The molecule has 0 aromatic rings. The summed E-state index contributed by atoms with van der Waals surface area (Å²) >= 11 is 3.57. The Balaban J connectivity index is 2.30. The molecule has 0 unspecified atom stereocenters. The Morgan fingerprint density at radius 2 is 2.25 bits per heavy atom. The molecule has 0 saturated heterocycles. The van der Waals surface area contributed by atoms with Crippen LogP contribution in [0.1, 0.15) is 0 Å². The Morgan fingerprint density at radius 1 is 2.00 bits per heavy atom. The highest BCUT2D eigenvalue weighted by Crippen LogP contribution is 1.66. The van der Waals surface area contributed by atoms with E-state index in [1.165, 1.54) is 0 Å². The second-order valence-electron chi connectivity index (χ2n) is 0.300. The summed E-state index contributed by atoms with van der Waals surface area (Å²) in [6.07, 6.45) is 0. The topological polar surface area (TPSA) is 36.2 Å². The molecule has 0 amide bonds. The molecule has 1 N–H and O–H groups in total. The molecule has 0 aromatic heterocycles. The van der Waals surface area contributed by atoms with Crippen molar-refractivity contribution in [3.05, 3.63) is 0 Å². The van der Waals surface area contributed by atoms with E-state index in [0.29, 0.717) is 5.88 Å². The summed E-state index contributed by atoms with van der Waals surface area (Å²) < 4.78 is 0. The third-order valence-corrected chi connectivity index (χ3v) is 0.212. The maximum Gasteiger partial charge on any atom is 0.102 e. The van der Waals surface area contributed by atoms with Crippen molar-refractivity contribution in [3.63, 3.8) is 0 Å². The Labute approximate surface area is 30.1 Å². The van der Waals surface area contributed by atoms with Gasteiger partial charge in [0.15, 0.2) is 0 Å². The Hall–Kier alpha value is -0.0500. The molecule has 0 spiro atoms. The highest BCUT2D eigenvalue weighted by molar-refractivity contribution is 7.80. The molecule has 0 fully saturated rings. The lowest BCUT2D eigenvalue weighted by atomic mass is 11.5. The van der Waals surface area contributed by atoms with Crippen LogP contribution < -0.4 is 0 Å². The van der Waals surface area contributed by atoms with Crippen LogP contribution >= 0.6 is 12.6 Å². The van der Waals surface area contributed by atoms with E-state index in [-0.39, 0.29) is 0 Å². The number of hydrogen-bond acceptors (Lipinski definition) is 3. The second kappa shape index (κ2) is 2.95. The number of nitrogens with zero attached hydrogens (tertiary/aromatic N) is 1. The molecule has 0 aliphatic carbocycles. The lowest BCUT2D eigenvalue weighted by Gasteiger charge is -1.58. The van der Waals surface area contributed by atoms with E-state index in [2.05, 4.69) is 17.7 Å². The van der Waals surface area contributed by atoms with Gasteiger partial charge in [0.2, 0.25) is 0 Å². The normalized spacial score (nSPS) is 6.25. The first-order chi connectivity index (χ1) is 1.91. The van der Waals surface area contributed by atoms with Crippen molar-refractivity contribution < 1.29 is 0 Å². The van der Waals surface area contributed by atoms with E-state index < -0.39 is 0 Å². The van der Waals surface area contributed by atoms with E-state index in [1.807, 2.05) is 0 Å². The van der Waals surface area contributed by atoms with Gasteiger partial charge in [-0.3, -0.25) is 0 Å². The summed E-state index contributed by atoms with van der Waals surface area (Å²) in [6, 6.07) is 0. The summed E-state index contributed by atoms with van der Waals surface area (Å²) in [7, 11) is 0. The predicted octanol–water partition coefficient (Wildman–Crippen LogP) is 0.905. The largest absolute Gasteiger partial charge is 0.209 e. The minimum absolute atomic E-state index is 0.306. The molecule has 0 aliphatic rings. The third-order valence-electron chi connectivity index (χ3n) is 0.0707. The molecular formula is CH4N2S. The maximum atomic E-state index is 6.00. The van der Waals surface area contributed by atoms with E-state index in [9.17, 15) is 0 Å². The molecular weight excluding hydrogens is 72.1 g/mol. The predicted molar refractivity (Wildman–Crippen MR) is 19.0 cm³/mol. The molecule has 24 valence electrons. The quantitative estimate of drug-likeness (QED) is 0.344. The minimum atomic E-state index is 0.306. The van der Waals surface area contributed by atoms with Crippen molar-refractivity contribution in [2.45, 2.75) is 0 Å². The third kappa shape index (κ3) is 1.95. The molecule has 0 atom stereocenters. The average molecular weight is 76.1 g/mol. The highest BCUT2D eigenvalue weighted by Gasteiger charge is 1.46. The first-order valence-electron chi connectivity index (χ1n) is 0.856. The van der Waals surface area contributed by atoms with Gasteiger partial charge in [0.1, 0.15) is 5.88 Å². The van der Waals surface area contributed by atoms with Crippen LogP contribution in [0.3, 0.4) is 0 Å². The van der Waals surface area contributed by atoms with Gasteiger partial charge in [-0.15, -0.1) is 0 Å². The van der Waals surface area contributed by atoms with Crippen molar-refractivity contribution in [3.8, 4) is 0 Å². The summed E-state index contributed by atoms with van der Waals surface area (Å²) in [5.41, 5.74) is 6.00. The van der Waals surface area contributed by atoms with E-state index >= 15 is 0 Å². The zero-order chi connectivity index (χ0) is 3.41. The monoisotopic (exact) mass is 76.0 g/mol. The van der Waals surface area contributed by atoms with Crippen molar-refractivity contribution in [2.75, 3.05) is 5.88 Å². The van der Waals surface area contributed by atoms with Gasteiger partial charge < -0.3 is 0 Å². The first kappa shape index (κ1) is 3.95. The second-order valence-corrected chi connectivity index (χ2v) is 0.582. The van der Waals surface area contributed by atoms with E-state index in [4.69, 9.17) is 5.53 Å². The van der Waals surface area contributed by atoms with Gasteiger partial charge in [0.25, 0.3) is 0 Å². The number of hydrogen-bond donors (Lipinski definition) is 2. The van der Waals surface area contributed by atoms with Crippen LogP contribution in [-0.4, -0.2) is 5.88 Å². The molecule has 0 rings (SSSR count). The SMILES string of the molecule is N=NCS. The highest BCUT2D eigenvalue weighted by atomic mass is 32.1. The van der Waals surface area contributed by atoms with Crippen LogP contribution in [-0.2, 0) is 0 Å². The smallest absolute Gasteiger partial charge is 0.102 e. The number of nitrogens with one attached hydrogen (secondary N) is 1. The average Bonchev–Trinajstić information content (AvgIpc) is 1.37. The van der Waals surface area contributed by atoms with Gasteiger partial charge in [-0.2, -0.15) is 17.7 Å². The molecule has 3 heteroatoms. The van der Waals surface area contributed by atoms with Gasteiger partial charge >= 0.3 is 0 Å². The van der Waals surface area contributed by atoms with Crippen molar-refractivity contribution in [1.82, 2.24) is 0 Å². The zero-order valence-corrected chi connectivity index (χ0v) is 3.00. The Morgan fingerprint density at radius 3 is 2.25 bits per heavy atom. The fourth-order valence-corrected chi connectivity index (χ4v) is 0. The molecule has 4 heavy (non-hydrogen) atoms. The number of thiol groups is 1. The summed E-state index contributed by atoms with van der Waals surface area (Å²) in [6.45, 7) is 0. The van der Waals surface area contributed by atoms with Gasteiger partial charge in [0, 0.05) is 0 Å². The molecule has 0 heterocycles. The maximum absolute atomic E-state index is 6.00. The minimum Gasteiger partial charge on any atom is -0.209 e. The molecule has 0 aliphatic heterocycles. The molecule has 0 bridgehead atoms. The summed E-state index contributed by atoms with van der Waals surface area (Å²) in [5.74, 6) is 0.306. The fraction of sp³-hybridized carbons (Fsp3) is 1.00. The molecule has 0 saturated carbocycles. The lowest BCUT2D eigenvalue weighted by molar-refractivity contribution is 1.06. The van der Waals surface area contributed by atoms with Crippen LogP contribution in [0.15, 0.2) is 5.11 Å². The molecule has 0 aromatic carbocycles. The number of rotatable bonds is 1. The van der Waals surface area contributed by atoms with Crippen LogP contribution in [0.2, 0.25) is 0 Å². The lowest BCUT2D eigenvalue weighted by Crippen LogP contribution is -1.45. The van der Waals surface area contributed by atoms with Gasteiger partial charge in [-0.25, -0.2) is 5.53 Å². The van der Waals surface area contributed by atoms with Gasteiger partial charge in [-0.05, 0) is 0 Å². The van der Waals surface area contributed by atoms with Crippen LogP contribution in [0.4, 0.5) is 0 Å². The van der Waals surface area contributed by atoms with Gasteiger partial charge in [-0.1, -0.05) is 0 Å². The van der Waals surface area contributed by atoms with Gasteiger partial charge in [0.05, 0.1) is 0 Å². The summed E-state index contributed by atoms with van der Waals surface area (Å²) in [4.78, 5) is 0. The van der Waals surface area contributed by atoms with Crippen molar-refractivity contribution in [1.29, 1.82) is 5.53 Å². The fourth-order valence-electron chi connectivity index (χ4n) is 0. The zero-order valence-electron chi connectivity index (χ0n) is 2.10.